The molecule has 0 aromatic carbocycles. The molecule has 0 unspecified atom stereocenters. The summed E-state index contributed by atoms with van der Waals surface area (Å²) in [6.07, 6.45) is 0.892. The lowest BCUT2D eigenvalue weighted by Gasteiger charge is -2.00. The number of aromatic nitrogens is 1. The van der Waals surface area contributed by atoms with Crippen molar-refractivity contribution in [1.82, 2.24) is 5.16 Å². The smallest absolute Gasteiger partial charge is 0.225 e. The van der Waals surface area contributed by atoms with Crippen LogP contribution in [0.15, 0.2) is 4.52 Å². The standard InChI is InChI=1S/C8H14N2O/c1-4-6-7(5(2)3)10-11-8(6)9/h5H,4,9H2,1-3H3. The van der Waals surface area contributed by atoms with Crippen LogP contribution in [0.3, 0.4) is 0 Å². The van der Waals surface area contributed by atoms with Crippen LogP contribution < -0.4 is 5.73 Å². The summed E-state index contributed by atoms with van der Waals surface area (Å²) < 4.78 is 4.88. The summed E-state index contributed by atoms with van der Waals surface area (Å²) in [6.45, 7) is 6.21. The van der Waals surface area contributed by atoms with Gasteiger partial charge in [-0.15, -0.1) is 0 Å². The Hall–Kier alpha value is -0.990. The average molecular weight is 154 g/mol. The lowest BCUT2D eigenvalue weighted by Crippen LogP contribution is -1.95. The van der Waals surface area contributed by atoms with Crippen molar-refractivity contribution in [2.45, 2.75) is 33.1 Å². The zero-order chi connectivity index (χ0) is 8.43. The summed E-state index contributed by atoms with van der Waals surface area (Å²) in [5.41, 5.74) is 7.61. The van der Waals surface area contributed by atoms with E-state index in [9.17, 15) is 0 Å². The van der Waals surface area contributed by atoms with Crippen molar-refractivity contribution in [2.75, 3.05) is 5.73 Å². The highest BCUT2D eigenvalue weighted by molar-refractivity contribution is 5.39. The molecule has 0 saturated heterocycles. The van der Waals surface area contributed by atoms with Gasteiger partial charge in [-0.3, -0.25) is 0 Å². The van der Waals surface area contributed by atoms with Crippen LogP contribution in [0.2, 0.25) is 0 Å². The molecule has 2 N–H and O–H groups in total. The monoisotopic (exact) mass is 154 g/mol. The second-order valence-corrected chi connectivity index (χ2v) is 2.92. The normalized spacial score (nSPS) is 10.9. The molecule has 62 valence electrons. The molecule has 0 radical (unpaired) electrons. The Morgan fingerprint density at radius 1 is 1.55 bits per heavy atom. The molecular formula is C8H14N2O. The number of nitrogen functional groups attached to an aromatic ring is 1. The lowest BCUT2D eigenvalue weighted by molar-refractivity contribution is 0.423. The van der Waals surface area contributed by atoms with E-state index in [0.717, 1.165) is 17.7 Å². The number of hydrogen-bond acceptors (Lipinski definition) is 3. The largest absolute Gasteiger partial charge is 0.367 e. The highest BCUT2D eigenvalue weighted by Gasteiger charge is 2.13. The molecule has 11 heavy (non-hydrogen) atoms. The Morgan fingerprint density at radius 2 is 2.18 bits per heavy atom. The van der Waals surface area contributed by atoms with Gasteiger partial charge in [-0.1, -0.05) is 25.9 Å². The minimum atomic E-state index is 0.394. The molecule has 0 aliphatic heterocycles. The van der Waals surface area contributed by atoms with Crippen LogP contribution >= 0.6 is 0 Å². The molecule has 1 aromatic rings. The Kier molecular flexibility index (Phi) is 2.17. The maximum Gasteiger partial charge on any atom is 0.225 e. The third-order valence-electron chi connectivity index (χ3n) is 1.75. The maximum atomic E-state index is 5.56. The molecule has 0 aliphatic carbocycles. The highest BCUT2D eigenvalue weighted by Crippen LogP contribution is 2.23. The Bertz CT molecular complexity index is 240. The zero-order valence-corrected chi connectivity index (χ0v) is 7.22. The van der Waals surface area contributed by atoms with Crippen LogP contribution in [0.5, 0.6) is 0 Å². The first-order valence-electron chi connectivity index (χ1n) is 3.90. The van der Waals surface area contributed by atoms with E-state index in [1.165, 1.54) is 0 Å². The van der Waals surface area contributed by atoms with E-state index >= 15 is 0 Å². The Labute approximate surface area is 66.6 Å². The molecule has 0 saturated carbocycles. The molecule has 1 rings (SSSR count). The van der Waals surface area contributed by atoms with Crippen LogP contribution in [-0.2, 0) is 6.42 Å². The number of anilines is 1. The fourth-order valence-electron chi connectivity index (χ4n) is 1.14. The Balaban J connectivity index is 3.05. The summed E-state index contributed by atoms with van der Waals surface area (Å²) in [4.78, 5) is 0. The minimum Gasteiger partial charge on any atom is -0.367 e. The first-order valence-corrected chi connectivity index (χ1v) is 3.90. The van der Waals surface area contributed by atoms with Gasteiger partial charge in [0.25, 0.3) is 0 Å². The topological polar surface area (TPSA) is 52.0 Å². The number of nitrogens with zero attached hydrogens (tertiary/aromatic N) is 1. The van der Waals surface area contributed by atoms with E-state index in [0.29, 0.717) is 11.8 Å². The van der Waals surface area contributed by atoms with E-state index in [1.54, 1.807) is 0 Å². The third-order valence-corrected chi connectivity index (χ3v) is 1.75. The van der Waals surface area contributed by atoms with Gasteiger partial charge in [0.15, 0.2) is 0 Å². The predicted molar refractivity (Wildman–Crippen MR) is 44.4 cm³/mol. The first-order chi connectivity index (χ1) is 5.16. The van der Waals surface area contributed by atoms with E-state index in [1.807, 2.05) is 0 Å². The number of rotatable bonds is 2. The minimum absolute atomic E-state index is 0.394. The van der Waals surface area contributed by atoms with Gasteiger partial charge in [-0.25, -0.2) is 0 Å². The van der Waals surface area contributed by atoms with Gasteiger partial charge in [-0.05, 0) is 12.3 Å². The van der Waals surface area contributed by atoms with E-state index in [2.05, 4.69) is 25.9 Å². The van der Waals surface area contributed by atoms with Crippen molar-refractivity contribution in [1.29, 1.82) is 0 Å². The van der Waals surface area contributed by atoms with Gasteiger partial charge >= 0.3 is 0 Å². The van der Waals surface area contributed by atoms with Crippen molar-refractivity contribution < 1.29 is 4.52 Å². The van der Waals surface area contributed by atoms with Crippen molar-refractivity contribution in [2.24, 2.45) is 0 Å². The summed E-state index contributed by atoms with van der Waals surface area (Å²) in [7, 11) is 0. The van der Waals surface area contributed by atoms with Gasteiger partial charge in [0.05, 0.1) is 5.69 Å². The summed E-state index contributed by atoms with van der Waals surface area (Å²) >= 11 is 0. The van der Waals surface area contributed by atoms with Crippen LogP contribution in [0.25, 0.3) is 0 Å². The van der Waals surface area contributed by atoms with Gasteiger partial charge in [0, 0.05) is 5.56 Å². The maximum absolute atomic E-state index is 5.56. The van der Waals surface area contributed by atoms with Gasteiger partial charge in [-0.2, -0.15) is 0 Å². The van der Waals surface area contributed by atoms with Gasteiger partial charge in [0.2, 0.25) is 5.88 Å². The predicted octanol–water partition coefficient (Wildman–Crippen LogP) is 1.94. The molecule has 1 aromatic heterocycles. The van der Waals surface area contributed by atoms with Crippen LogP contribution in [-0.4, -0.2) is 5.16 Å². The van der Waals surface area contributed by atoms with Crippen molar-refractivity contribution in [3.63, 3.8) is 0 Å². The molecule has 0 bridgehead atoms. The van der Waals surface area contributed by atoms with Gasteiger partial charge in [0.1, 0.15) is 0 Å². The molecule has 0 aliphatic rings. The van der Waals surface area contributed by atoms with E-state index in [-0.39, 0.29) is 0 Å². The van der Waals surface area contributed by atoms with Crippen LogP contribution in [0.1, 0.15) is 37.9 Å². The average Bonchev–Trinajstić information content (AvgIpc) is 2.30. The second-order valence-electron chi connectivity index (χ2n) is 2.92. The zero-order valence-electron chi connectivity index (χ0n) is 7.22. The molecule has 3 heteroatoms. The quantitative estimate of drug-likeness (QED) is 0.708. The SMILES string of the molecule is CCc1c(C(C)C)noc1N. The molecular weight excluding hydrogens is 140 g/mol. The lowest BCUT2D eigenvalue weighted by atomic mass is 10.0. The van der Waals surface area contributed by atoms with Crippen molar-refractivity contribution in [3.05, 3.63) is 11.3 Å². The van der Waals surface area contributed by atoms with Crippen molar-refractivity contribution >= 4 is 5.88 Å². The fourth-order valence-corrected chi connectivity index (χ4v) is 1.14. The second kappa shape index (κ2) is 2.95. The first kappa shape index (κ1) is 8.11. The van der Waals surface area contributed by atoms with Crippen molar-refractivity contribution in [3.8, 4) is 0 Å². The molecule has 0 amide bonds. The van der Waals surface area contributed by atoms with E-state index in [4.69, 9.17) is 10.3 Å². The van der Waals surface area contributed by atoms with Crippen LogP contribution in [0.4, 0.5) is 5.88 Å². The van der Waals surface area contributed by atoms with E-state index < -0.39 is 0 Å². The highest BCUT2D eigenvalue weighted by atomic mass is 16.5. The number of nitrogens with two attached hydrogens (primary N) is 1. The van der Waals surface area contributed by atoms with Gasteiger partial charge < -0.3 is 10.3 Å². The summed E-state index contributed by atoms with van der Waals surface area (Å²) in [5, 5.41) is 3.89. The summed E-state index contributed by atoms with van der Waals surface area (Å²) in [6, 6.07) is 0. The molecule has 1 heterocycles. The van der Waals surface area contributed by atoms with Crippen LogP contribution in [0, 0.1) is 0 Å². The third kappa shape index (κ3) is 1.37. The Morgan fingerprint density at radius 3 is 2.55 bits per heavy atom. The fraction of sp³-hybridized carbons (Fsp3) is 0.625. The molecule has 3 nitrogen and oxygen atoms in total. The number of hydrogen-bond donors (Lipinski definition) is 1. The molecule has 0 atom stereocenters. The molecule has 0 fully saturated rings. The molecule has 0 spiro atoms. The summed E-state index contributed by atoms with van der Waals surface area (Å²) in [5.74, 6) is 0.863.